The molecule has 0 fully saturated rings. The fraction of sp³-hybridized carbons (Fsp3) is 0.400. The van der Waals surface area contributed by atoms with Crippen LogP contribution in [0.1, 0.15) is 10.4 Å². The number of primary amides is 1. The van der Waals surface area contributed by atoms with Crippen molar-refractivity contribution < 1.29 is 4.79 Å². The first-order valence-electron chi connectivity index (χ1n) is 4.85. The highest BCUT2D eigenvalue weighted by Crippen LogP contribution is 2.28. The summed E-state index contributed by atoms with van der Waals surface area (Å²) in [5, 5.41) is 0.631. The van der Waals surface area contributed by atoms with Gasteiger partial charge in [0.1, 0.15) is 4.83 Å². The van der Waals surface area contributed by atoms with Crippen molar-refractivity contribution in [3.05, 3.63) is 20.8 Å². The quantitative estimate of drug-likeness (QED) is 0.817. The summed E-state index contributed by atoms with van der Waals surface area (Å²) in [5.41, 5.74) is 5.89. The maximum atomic E-state index is 12.0. The minimum atomic E-state index is -0.409. The number of nitrogens with two attached hydrogens (primary N) is 1. The zero-order valence-corrected chi connectivity index (χ0v) is 10.2. The first-order chi connectivity index (χ1) is 7.43. The van der Waals surface area contributed by atoms with E-state index in [0.717, 1.165) is 15.3 Å². The molecule has 0 saturated carbocycles. The van der Waals surface area contributed by atoms with Crippen molar-refractivity contribution in [3.8, 4) is 0 Å². The van der Waals surface area contributed by atoms with E-state index >= 15 is 0 Å². The smallest absolute Gasteiger partial charge is 0.275 e. The molecule has 0 spiro atoms. The van der Waals surface area contributed by atoms with Crippen LogP contribution >= 0.6 is 11.3 Å². The second-order valence-electron chi connectivity index (χ2n) is 3.81. The lowest BCUT2D eigenvalue weighted by Gasteiger charge is -1.98. The van der Waals surface area contributed by atoms with Gasteiger partial charge in [0.15, 0.2) is 0 Å². The lowest BCUT2D eigenvalue weighted by molar-refractivity contribution is -0.117. The number of aromatic nitrogens is 2. The van der Waals surface area contributed by atoms with Gasteiger partial charge in [-0.1, -0.05) is 0 Å². The summed E-state index contributed by atoms with van der Waals surface area (Å²) in [6.45, 7) is 1.91. The summed E-state index contributed by atoms with van der Waals surface area (Å²) in [6.07, 6.45) is 0.130. The van der Waals surface area contributed by atoms with Crippen molar-refractivity contribution in [3.63, 3.8) is 0 Å². The Kier molecular flexibility index (Phi) is 2.38. The average Bonchev–Trinajstić information content (AvgIpc) is 2.61. The van der Waals surface area contributed by atoms with Crippen LogP contribution in [-0.4, -0.2) is 15.3 Å². The van der Waals surface area contributed by atoms with E-state index < -0.39 is 5.91 Å². The summed E-state index contributed by atoms with van der Waals surface area (Å²) in [4.78, 5) is 24.8. The predicted octanol–water partition coefficient (Wildman–Crippen LogP) is 0.275. The monoisotopic (exact) mass is 239 g/mol. The second-order valence-corrected chi connectivity index (χ2v) is 5.02. The summed E-state index contributed by atoms with van der Waals surface area (Å²) in [7, 11) is 3.53. The molecule has 2 heterocycles. The van der Waals surface area contributed by atoms with Gasteiger partial charge in [0.25, 0.3) is 5.56 Å². The Morgan fingerprint density at radius 1 is 1.38 bits per heavy atom. The molecule has 5 nitrogen and oxygen atoms in total. The Labute approximate surface area is 96.1 Å². The first kappa shape index (κ1) is 10.9. The lowest BCUT2D eigenvalue weighted by Crippen LogP contribution is -2.19. The van der Waals surface area contributed by atoms with Gasteiger partial charge in [-0.3, -0.25) is 19.0 Å². The van der Waals surface area contributed by atoms with Crippen LogP contribution in [0.3, 0.4) is 0 Å². The van der Waals surface area contributed by atoms with E-state index in [1.807, 2.05) is 14.0 Å². The van der Waals surface area contributed by atoms with Gasteiger partial charge in [0.05, 0.1) is 11.8 Å². The van der Waals surface area contributed by atoms with E-state index in [9.17, 15) is 9.59 Å². The highest BCUT2D eigenvalue weighted by Gasteiger charge is 2.18. The van der Waals surface area contributed by atoms with E-state index in [4.69, 9.17) is 5.73 Å². The molecule has 0 radical (unpaired) electrons. The molecular formula is C10H13N3O2S. The number of hydrogen-bond acceptors (Lipinski definition) is 3. The van der Waals surface area contributed by atoms with Crippen molar-refractivity contribution in [1.82, 2.24) is 9.36 Å². The predicted molar refractivity (Wildman–Crippen MR) is 63.7 cm³/mol. The zero-order chi connectivity index (χ0) is 12.0. The van der Waals surface area contributed by atoms with Crippen molar-refractivity contribution in [2.24, 2.45) is 19.8 Å². The molecule has 2 rings (SSSR count). The standard InChI is InChI=1S/C10H13N3O2S/c1-5-6(4-7(11)14)8-9(15)12(2)13(3)10(8)16-5/h4H2,1-3H3,(H2,11,14). The van der Waals surface area contributed by atoms with Crippen LogP contribution in [0.15, 0.2) is 4.79 Å². The van der Waals surface area contributed by atoms with Gasteiger partial charge in [0.2, 0.25) is 5.91 Å². The average molecular weight is 239 g/mol. The Bertz CT molecular complexity index is 633. The number of carbonyl (C=O) groups excluding carboxylic acids is 1. The van der Waals surface area contributed by atoms with E-state index in [-0.39, 0.29) is 12.0 Å². The van der Waals surface area contributed by atoms with E-state index in [1.165, 1.54) is 16.0 Å². The first-order valence-corrected chi connectivity index (χ1v) is 5.67. The molecule has 0 aliphatic carbocycles. The second kappa shape index (κ2) is 3.48. The highest BCUT2D eigenvalue weighted by molar-refractivity contribution is 7.18. The van der Waals surface area contributed by atoms with Gasteiger partial charge in [-0.2, -0.15) is 0 Å². The Morgan fingerprint density at radius 2 is 2.00 bits per heavy atom. The summed E-state index contributed by atoms with van der Waals surface area (Å²) < 4.78 is 3.32. The van der Waals surface area contributed by atoms with Crippen LogP contribution < -0.4 is 11.3 Å². The number of carbonyl (C=O) groups is 1. The third-order valence-corrected chi connectivity index (χ3v) is 4.01. The minimum Gasteiger partial charge on any atom is -0.369 e. The molecule has 86 valence electrons. The number of hydrogen-bond donors (Lipinski definition) is 1. The summed E-state index contributed by atoms with van der Waals surface area (Å²) in [6, 6.07) is 0. The molecule has 2 aromatic rings. The molecule has 2 N–H and O–H groups in total. The Hall–Kier alpha value is -1.56. The molecule has 0 aliphatic rings. The molecule has 0 bridgehead atoms. The van der Waals surface area contributed by atoms with E-state index in [2.05, 4.69) is 0 Å². The molecule has 0 aliphatic heterocycles. The molecule has 0 unspecified atom stereocenters. The van der Waals surface area contributed by atoms with E-state index in [0.29, 0.717) is 5.39 Å². The molecule has 0 atom stereocenters. The van der Waals surface area contributed by atoms with Crippen LogP contribution in [0.25, 0.3) is 10.2 Å². The lowest BCUT2D eigenvalue weighted by atomic mass is 10.1. The minimum absolute atomic E-state index is 0.0712. The molecular weight excluding hydrogens is 226 g/mol. The van der Waals surface area contributed by atoms with Crippen molar-refractivity contribution in [2.75, 3.05) is 0 Å². The maximum absolute atomic E-state index is 12.0. The number of rotatable bonds is 2. The van der Waals surface area contributed by atoms with Gasteiger partial charge in [0, 0.05) is 19.0 Å². The Balaban J connectivity index is 2.83. The van der Waals surface area contributed by atoms with Crippen LogP contribution in [0.5, 0.6) is 0 Å². The molecule has 16 heavy (non-hydrogen) atoms. The number of nitrogens with zero attached hydrogens (tertiary/aromatic N) is 2. The third-order valence-electron chi connectivity index (χ3n) is 2.79. The van der Waals surface area contributed by atoms with Crippen molar-refractivity contribution in [2.45, 2.75) is 13.3 Å². The molecule has 6 heteroatoms. The summed E-state index contributed by atoms with van der Waals surface area (Å²) >= 11 is 1.52. The van der Waals surface area contributed by atoms with Crippen molar-refractivity contribution in [1.29, 1.82) is 0 Å². The molecule has 1 amide bonds. The van der Waals surface area contributed by atoms with Crippen LogP contribution in [0, 0.1) is 6.92 Å². The van der Waals surface area contributed by atoms with Crippen LogP contribution in [-0.2, 0) is 25.3 Å². The molecule has 2 aromatic heterocycles. The number of aryl methyl sites for hydroxylation is 2. The van der Waals surface area contributed by atoms with Gasteiger partial charge in [-0.25, -0.2) is 0 Å². The fourth-order valence-corrected chi connectivity index (χ4v) is 2.99. The summed E-state index contributed by atoms with van der Waals surface area (Å²) in [5.74, 6) is -0.409. The van der Waals surface area contributed by atoms with Gasteiger partial charge in [-0.15, -0.1) is 11.3 Å². The SMILES string of the molecule is Cc1sc2c(c1CC(N)=O)c(=O)n(C)n2C. The maximum Gasteiger partial charge on any atom is 0.275 e. The fourth-order valence-electron chi connectivity index (χ4n) is 1.83. The van der Waals surface area contributed by atoms with E-state index in [1.54, 1.807) is 11.7 Å². The zero-order valence-electron chi connectivity index (χ0n) is 9.40. The number of thiophene rings is 1. The highest BCUT2D eigenvalue weighted by atomic mass is 32.1. The molecule has 0 aromatic carbocycles. The normalized spacial score (nSPS) is 11.2. The van der Waals surface area contributed by atoms with Gasteiger partial charge < -0.3 is 5.73 Å². The van der Waals surface area contributed by atoms with Gasteiger partial charge in [-0.05, 0) is 12.5 Å². The topological polar surface area (TPSA) is 70.0 Å². The number of amides is 1. The van der Waals surface area contributed by atoms with Gasteiger partial charge >= 0.3 is 0 Å². The number of fused-ring (bicyclic) bond motifs is 1. The largest absolute Gasteiger partial charge is 0.369 e. The molecule has 0 saturated heterocycles. The van der Waals surface area contributed by atoms with Crippen LogP contribution in [0.4, 0.5) is 0 Å². The Morgan fingerprint density at radius 3 is 2.56 bits per heavy atom. The third kappa shape index (κ3) is 1.37. The van der Waals surface area contributed by atoms with Crippen LogP contribution in [0.2, 0.25) is 0 Å². The van der Waals surface area contributed by atoms with Crippen molar-refractivity contribution >= 4 is 27.5 Å².